The van der Waals surface area contributed by atoms with Gasteiger partial charge < -0.3 is 40.7 Å². The molecule has 0 spiro atoms. The molecule has 4 N–H and O–H groups in total. The normalized spacial score (nSPS) is 28.3. The first kappa shape index (κ1) is 39.2. The number of amides is 7. The summed E-state index contributed by atoms with van der Waals surface area (Å²) in [5.41, 5.74) is 1.18. The summed E-state index contributed by atoms with van der Waals surface area (Å²) in [5, 5.41) is 11.0. The number of benzene rings is 1. The van der Waals surface area contributed by atoms with Crippen LogP contribution in [-0.4, -0.2) is 123 Å². The van der Waals surface area contributed by atoms with E-state index in [1.807, 2.05) is 13.0 Å². The quantitative estimate of drug-likeness (QED) is 0.314. The SMILES string of the molecule is CC1CC2C(=O)OC(C)C(NC(=O)C(Cc3ccccc3)NC(=O)Nc3ccncc3)C(=O)N3CCCC3C(=O)N3CCCCC3C(=O)NC(C)C(=O)N2C1. The molecule has 0 saturated carbocycles. The fourth-order valence-corrected chi connectivity index (χ4v) is 8.04. The summed E-state index contributed by atoms with van der Waals surface area (Å²) >= 11 is 0. The van der Waals surface area contributed by atoms with Gasteiger partial charge >= 0.3 is 12.0 Å². The topological polar surface area (TPSA) is 199 Å². The summed E-state index contributed by atoms with van der Waals surface area (Å²) < 4.78 is 5.94. The van der Waals surface area contributed by atoms with Gasteiger partial charge in [0.2, 0.25) is 29.5 Å². The summed E-state index contributed by atoms with van der Waals surface area (Å²) in [6, 6.07) is 5.15. The summed E-state index contributed by atoms with van der Waals surface area (Å²) in [5.74, 6) is -3.50. The molecule has 7 amide bonds. The number of esters is 1. The molecule has 294 valence electrons. The van der Waals surface area contributed by atoms with Crippen molar-refractivity contribution in [2.75, 3.05) is 25.0 Å². The summed E-state index contributed by atoms with van der Waals surface area (Å²) in [6.07, 6.45) is 4.74. The molecule has 6 rings (SSSR count). The van der Waals surface area contributed by atoms with Gasteiger partial charge in [0, 0.05) is 44.1 Å². The molecule has 55 heavy (non-hydrogen) atoms. The van der Waals surface area contributed by atoms with Crippen molar-refractivity contribution in [3.63, 3.8) is 0 Å². The van der Waals surface area contributed by atoms with E-state index in [4.69, 9.17) is 4.74 Å². The average Bonchev–Trinajstić information content (AvgIpc) is 3.83. The van der Waals surface area contributed by atoms with Crippen LogP contribution in [0.4, 0.5) is 10.5 Å². The van der Waals surface area contributed by atoms with Gasteiger partial charge in [-0.05, 0) is 76.0 Å². The maximum Gasteiger partial charge on any atom is 0.329 e. The molecule has 4 fully saturated rings. The van der Waals surface area contributed by atoms with E-state index in [1.165, 1.54) is 34.0 Å². The van der Waals surface area contributed by atoms with E-state index in [2.05, 4.69) is 26.3 Å². The van der Waals surface area contributed by atoms with Gasteiger partial charge in [0.15, 0.2) is 0 Å². The van der Waals surface area contributed by atoms with Crippen molar-refractivity contribution in [2.24, 2.45) is 5.92 Å². The van der Waals surface area contributed by atoms with Crippen LogP contribution in [0.5, 0.6) is 0 Å². The predicted octanol–water partition coefficient (Wildman–Crippen LogP) is 1.36. The molecule has 0 radical (unpaired) electrons. The average molecular weight is 759 g/mol. The molecule has 0 aliphatic carbocycles. The number of carbonyl (C=O) groups excluding carboxylic acids is 7. The molecule has 4 aliphatic rings. The Balaban J connectivity index is 1.32. The maximum absolute atomic E-state index is 14.7. The molecule has 16 nitrogen and oxygen atoms in total. The second kappa shape index (κ2) is 17.3. The van der Waals surface area contributed by atoms with Crippen LogP contribution in [-0.2, 0) is 39.9 Å². The van der Waals surface area contributed by atoms with Crippen molar-refractivity contribution in [3.05, 3.63) is 60.4 Å². The Morgan fingerprint density at radius 1 is 0.836 bits per heavy atom. The molecule has 4 aliphatic heterocycles. The smallest absolute Gasteiger partial charge is 0.329 e. The first-order valence-electron chi connectivity index (χ1n) is 19.2. The lowest BCUT2D eigenvalue weighted by Gasteiger charge is -2.39. The van der Waals surface area contributed by atoms with Crippen LogP contribution in [0, 0.1) is 5.92 Å². The number of nitrogens with zero attached hydrogens (tertiary/aromatic N) is 4. The van der Waals surface area contributed by atoms with E-state index in [0.717, 1.165) is 5.56 Å². The van der Waals surface area contributed by atoms with Crippen molar-refractivity contribution >= 4 is 47.2 Å². The van der Waals surface area contributed by atoms with E-state index in [9.17, 15) is 33.6 Å². The molecular formula is C39H50N8O8. The van der Waals surface area contributed by atoms with Gasteiger partial charge in [0.25, 0.3) is 0 Å². The van der Waals surface area contributed by atoms with Crippen LogP contribution >= 0.6 is 0 Å². The number of aromatic nitrogens is 1. The molecule has 4 saturated heterocycles. The number of hydrogen-bond acceptors (Lipinski definition) is 9. The fourth-order valence-electron chi connectivity index (χ4n) is 8.04. The molecule has 1 aromatic carbocycles. The molecule has 16 heteroatoms. The Morgan fingerprint density at radius 3 is 2.27 bits per heavy atom. The first-order valence-corrected chi connectivity index (χ1v) is 19.2. The van der Waals surface area contributed by atoms with Gasteiger partial charge in [0.05, 0.1) is 0 Å². The van der Waals surface area contributed by atoms with Crippen LogP contribution < -0.4 is 21.3 Å². The van der Waals surface area contributed by atoms with Crippen LogP contribution in [0.15, 0.2) is 54.9 Å². The lowest BCUT2D eigenvalue weighted by molar-refractivity contribution is -0.163. The molecular weight excluding hydrogens is 708 g/mol. The summed E-state index contributed by atoms with van der Waals surface area (Å²) in [7, 11) is 0. The zero-order valence-electron chi connectivity index (χ0n) is 31.4. The van der Waals surface area contributed by atoms with Crippen molar-refractivity contribution in [1.29, 1.82) is 0 Å². The standard InChI is InChI=1S/C39H50N8O8/c1-23-20-31-38(53)55-25(3)32(44-33(48)28(21-26-10-5-4-6-11-26)43-39(54)42-27-14-16-40-17-15-27)37(52)46-19-9-13-30(46)36(51)45-18-8-7-12-29(45)34(49)41-24(2)35(50)47(31)22-23/h4-6,10-11,14-17,23-25,28-32H,7-9,12-13,18-22H2,1-3H3,(H,41,49)(H,44,48)(H2,40,42,43,54). The highest BCUT2D eigenvalue weighted by molar-refractivity contribution is 5.98. The Labute approximate surface area is 320 Å². The van der Waals surface area contributed by atoms with Crippen molar-refractivity contribution in [3.8, 4) is 0 Å². The van der Waals surface area contributed by atoms with Crippen LogP contribution in [0.1, 0.15) is 64.9 Å². The van der Waals surface area contributed by atoms with E-state index < -0.39 is 83.9 Å². The Hall–Kier alpha value is -5.54. The van der Waals surface area contributed by atoms with Gasteiger partial charge in [0.1, 0.15) is 42.4 Å². The number of piperidine rings is 1. The Bertz CT molecular complexity index is 1760. The van der Waals surface area contributed by atoms with Crippen LogP contribution in [0.2, 0.25) is 0 Å². The summed E-state index contributed by atoms with van der Waals surface area (Å²) in [4.78, 5) is 106. The lowest BCUT2D eigenvalue weighted by Crippen LogP contribution is -2.63. The summed E-state index contributed by atoms with van der Waals surface area (Å²) in [6.45, 7) is 5.72. The first-order chi connectivity index (χ1) is 26.4. The number of anilines is 1. The lowest BCUT2D eigenvalue weighted by atomic mass is 9.99. The zero-order valence-corrected chi connectivity index (χ0v) is 31.4. The largest absolute Gasteiger partial charge is 0.458 e. The number of hydrogen-bond donors (Lipinski definition) is 4. The minimum absolute atomic E-state index is 0.0566. The molecule has 0 bridgehead atoms. The Kier molecular flexibility index (Phi) is 12.3. The van der Waals surface area contributed by atoms with Gasteiger partial charge in [-0.15, -0.1) is 0 Å². The molecule has 5 heterocycles. The van der Waals surface area contributed by atoms with Crippen molar-refractivity contribution < 1.29 is 38.3 Å². The monoisotopic (exact) mass is 758 g/mol. The molecule has 1 aromatic heterocycles. The highest BCUT2D eigenvalue weighted by Gasteiger charge is 2.47. The number of pyridine rings is 1. The highest BCUT2D eigenvalue weighted by atomic mass is 16.5. The van der Waals surface area contributed by atoms with Crippen LogP contribution in [0.25, 0.3) is 0 Å². The van der Waals surface area contributed by atoms with E-state index in [1.54, 1.807) is 43.3 Å². The number of nitrogens with one attached hydrogen (secondary N) is 4. The highest BCUT2D eigenvalue weighted by Crippen LogP contribution is 2.28. The van der Waals surface area contributed by atoms with Gasteiger partial charge in [-0.3, -0.25) is 29.0 Å². The second-order valence-electron chi connectivity index (χ2n) is 15.0. The molecule has 2 aromatic rings. The molecule has 8 unspecified atom stereocenters. The van der Waals surface area contributed by atoms with E-state index in [-0.39, 0.29) is 25.4 Å². The second-order valence-corrected chi connectivity index (χ2v) is 15.0. The van der Waals surface area contributed by atoms with Gasteiger partial charge in [-0.1, -0.05) is 37.3 Å². The van der Waals surface area contributed by atoms with Gasteiger partial charge in [-0.25, -0.2) is 9.59 Å². The van der Waals surface area contributed by atoms with E-state index in [0.29, 0.717) is 50.8 Å². The third-order valence-electron chi connectivity index (χ3n) is 10.9. The number of urea groups is 1. The third kappa shape index (κ3) is 9.06. The fraction of sp³-hybridized carbons (Fsp3) is 0.538. The zero-order chi connectivity index (χ0) is 39.2. The number of rotatable bonds is 6. The van der Waals surface area contributed by atoms with Crippen molar-refractivity contribution in [1.82, 2.24) is 35.6 Å². The Morgan fingerprint density at radius 2 is 1.53 bits per heavy atom. The number of cyclic esters (lactones) is 1. The molecule has 8 atom stereocenters. The third-order valence-corrected chi connectivity index (χ3v) is 10.9. The minimum atomic E-state index is -1.47. The minimum Gasteiger partial charge on any atom is -0.458 e. The van der Waals surface area contributed by atoms with Crippen molar-refractivity contribution in [2.45, 2.75) is 108 Å². The number of ether oxygens (including phenoxy) is 1. The predicted molar refractivity (Wildman–Crippen MR) is 199 cm³/mol. The van der Waals surface area contributed by atoms with Crippen LogP contribution in [0.3, 0.4) is 0 Å². The van der Waals surface area contributed by atoms with Gasteiger partial charge in [-0.2, -0.15) is 0 Å². The number of carbonyl (C=O) groups is 7. The number of fused-ring (bicyclic) bond motifs is 3. The maximum atomic E-state index is 14.7. The van der Waals surface area contributed by atoms with E-state index >= 15 is 0 Å².